The third kappa shape index (κ3) is 11.1. The molecule has 36 heavy (non-hydrogen) atoms. The Bertz CT molecular complexity index is 900. The first kappa shape index (κ1) is 30.9. The summed E-state index contributed by atoms with van der Waals surface area (Å²) >= 11 is 1.40. The molecule has 200 valence electrons. The topological polar surface area (TPSA) is 214 Å². The quantitative estimate of drug-likeness (QED) is 0.133. The fourth-order valence-corrected chi connectivity index (χ4v) is 3.69. The number of aliphatic carboxylic acids is 1. The lowest BCUT2D eigenvalue weighted by molar-refractivity contribution is -0.145. The lowest BCUT2D eigenvalue weighted by atomic mass is 10.0. The fourth-order valence-electron chi connectivity index (χ4n) is 3.21. The van der Waals surface area contributed by atoms with Crippen molar-refractivity contribution < 1.29 is 34.2 Å². The lowest BCUT2D eigenvalue weighted by Crippen LogP contribution is -2.58. The molecule has 0 bridgehead atoms. The van der Waals surface area contributed by atoms with Crippen LogP contribution in [0.3, 0.4) is 0 Å². The molecule has 0 heterocycles. The van der Waals surface area contributed by atoms with Gasteiger partial charge in [0.05, 0.1) is 12.1 Å². The van der Waals surface area contributed by atoms with E-state index in [1.165, 1.54) is 18.7 Å². The number of carbonyl (C=O) groups is 5. The number of nitrogens with two attached hydrogens (primary N) is 2. The SMILES string of the molecule is CSCCC(NC(=O)C(CCC(N)=O)NC(=O)C(N)Cc1ccccc1)C(=O)NC(C(=O)O)C(C)O. The molecule has 5 atom stereocenters. The molecule has 0 aliphatic heterocycles. The van der Waals surface area contributed by atoms with Gasteiger partial charge < -0.3 is 37.6 Å². The van der Waals surface area contributed by atoms with Crippen molar-refractivity contribution in [1.82, 2.24) is 16.0 Å². The Labute approximate surface area is 213 Å². The summed E-state index contributed by atoms with van der Waals surface area (Å²) in [5, 5.41) is 26.1. The number of amides is 4. The molecule has 0 radical (unpaired) electrons. The van der Waals surface area contributed by atoms with Gasteiger partial charge >= 0.3 is 5.97 Å². The van der Waals surface area contributed by atoms with Crippen molar-refractivity contribution >= 4 is 41.4 Å². The fraction of sp³-hybridized carbons (Fsp3) is 0.522. The van der Waals surface area contributed by atoms with E-state index in [0.717, 1.165) is 5.56 Å². The van der Waals surface area contributed by atoms with Crippen LogP contribution >= 0.6 is 11.8 Å². The van der Waals surface area contributed by atoms with Crippen molar-refractivity contribution in [3.8, 4) is 0 Å². The smallest absolute Gasteiger partial charge is 0.328 e. The summed E-state index contributed by atoms with van der Waals surface area (Å²) in [5.41, 5.74) is 12.0. The number of benzene rings is 1. The van der Waals surface area contributed by atoms with Gasteiger partial charge in [0.1, 0.15) is 12.1 Å². The van der Waals surface area contributed by atoms with E-state index in [-0.39, 0.29) is 25.7 Å². The molecule has 4 amide bonds. The van der Waals surface area contributed by atoms with Gasteiger partial charge in [-0.25, -0.2) is 4.79 Å². The van der Waals surface area contributed by atoms with Crippen molar-refractivity contribution in [3.63, 3.8) is 0 Å². The van der Waals surface area contributed by atoms with Gasteiger partial charge in [0.15, 0.2) is 6.04 Å². The zero-order valence-electron chi connectivity index (χ0n) is 20.3. The van der Waals surface area contributed by atoms with Crippen molar-refractivity contribution in [3.05, 3.63) is 35.9 Å². The number of carboxylic acid groups (broad SMARTS) is 1. The zero-order chi connectivity index (χ0) is 27.3. The van der Waals surface area contributed by atoms with Crippen LogP contribution in [0.25, 0.3) is 0 Å². The predicted molar refractivity (Wildman–Crippen MR) is 135 cm³/mol. The maximum Gasteiger partial charge on any atom is 0.328 e. The number of primary amides is 1. The van der Waals surface area contributed by atoms with Gasteiger partial charge in [-0.1, -0.05) is 30.3 Å². The Morgan fingerprint density at radius 1 is 0.944 bits per heavy atom. The third-order valence-electron chi connectivity index (χ3n) is 5.24. The monoisotopic (exact) mass is 525 g/mol. The van der Waals surface area contributed by atoms with Crippen LogP contribution in [0.2, 0.25) is 0 Å². The molecule has 0 aliphatic carbocycles. The van der Waals surface area contributed by atoms with Crippen molar-refractivity contribution in [1.29, 1.82) is 0 Å². The molecule has 0 saturated carbocycles. The van der Waals surface area contributed by atoms with E-state index in [2.05, 4.69) is 16.0 Å². The van der Waals surface area contributed by atoms with Crippen LogP contribution in [0.1, 0.15) is 31.7 Å². The predicted octanol–water partition coefficient (Wildman–Crippen LogP) is -1.51. The maximum absolute atomic E-state index is 13.0. The highest BCUT2D eigenvalue weighted by Gasteiger charge is 2.31. The second-order valence-corrected chi connectivity index (χ2v) is 9.26. The molecule has 1 rings (SSSR count). The maximum atomic E-state index is 13.0. The van der Waals surface area contributed by atoms with E-state index in [1.807, 2.05) is 6.07 Å². The Morgan fingerprint density at radius 3 is 2.03 bits per heavy atom. The molecule has 0 spiro atoms. The number of nitrogens with one attached hydrogen (secondary N) is 3. The number of aliphatic hydroxyl groups excluding tert-OH is 1. The summed E-state index contributed by atoms with van der Waals surface area (Å²) < 4.78 is 0. The standard InChI is InChI=1S/C23H35N5O7S/c1-13(29)19(23(34)35)28-22(33)17(10-11-36-2)27-21(32)16(8-9-18(25)30)26-20(31)15(24)12-14-6-4-3-5-7-14/h3-7,13,15-17,19,29H,8-12,24H2,1-2H3,(H2,25,30)(H,26,31)(H,27,32)(H,28,33)(H,34,35). The molecule has 1 aromatic rings. The molecule has 1 aromatic carbocycles. The van der Waals surface area contributed by atoms with Crippen LogP contribution in [0.15, 0.2) is 30.3 Å². The third-order valence-corrected chi connectivity index (χ3v) is 5.88. The van der Waals surface area contributed by atoms with E-state index < -0.39 is 59.9 Å². The van der Waals surface area contributed by atoms with Crippen LogP contribution < -0.4 is 27.4 Å². The number of carbonyl (C=O) groups excluding carboxylic acids is 4. The first-order valence-corrected chi connectivity index (χ1v) is 12.7. The van der Waals surface area contributed by atoms with Gasteiger partial charge in [-0.15, -0.1) is 0 Å². The number of aliphatic hydroxyl groups is 1. The first-order valence-electron chi connectivity index (χ1n) is 11.3. The minimum absolute atomic E-state index is 0.132. The van der Waals surface area contributed by atoms with Crippen LogP contribution in [0, 0.1) is 0 Å². The van der Waals surface area contributed by atoms with E-state index in [0.29, 0.717) is 5.75 Å². The molecule has 0 aromatic heterocycles. The molecule has 13 heteroatoms. The molecular formula is C23H35N5O7S. The first-order chi connectivity index (χ1) is 17.0. The summed E-state index contributed by atoms with van der Waals surface area (Å²) in [6.07, 6.45) is 0.429. The molecule has 12 nitrogen and oxygen atoms in total. The molecular weight excluding hydrogens is 490 g/mol. The van der Waals surface area contributed by atoms with Crippen LogP contribution in [0.5, 0.6) is 0 Å². The van der Waals surface area contributed by atoms with E-state index >= 15 is 0 Å². The Balaban J connectivity index is 2.97. The second kappa shape index (κ2) is 15.8. The van der Waals surface area contributed by atoms with E-state index in [4.69, 9.17) is 11.5 Å². The Kier molecular flexibility index (Phi) is 13.5. The summed E-state index contributed by atoms with van der Waals surface area (Å²) in [6.45, 7) is 1.21. The summed E-state index contributed by atoms with van der Waals surface area (Å²) in [7, 11) is 0. The molecule has 0 fully saturated rings. The summed E-state index contributed by atoms with van der Waals surface area (Å²) in [6, 6.07) is 4.10. The Morgan fingerprint density at radius 2 is 1.50 bits per heavy atom. The normalized spacial score (nSPS) is 15.0. The van der Waals surface area contributed by atoms with Gasteiger partial charge in [0.25, 0.3) is 0 Å². The molecule has 5 unspecified atom stereocenters. The zero-order valence-corrected chi connectivity index (χ0v) is 21.1. The van der Waals surface area contributed by atoms with E-state index in [9.17, 15) is 34.2 Å². The minimum Gasteiger partial charge on any atom is -0.480 e. The minimum atomic E-state index is -1.58. The van der Waals surface area contributed by atoms with Gasteiger partial charge in [-0.3, -0.25) is 19.2 Å². The van der Waals surface area contributed by atoms with E-state index in [1.54, 1.807) is 30.5 Å². The molecule has 0 saturated heterocycles. The van der Waals surface area contributed by atoms with Crippen LogP contribution in [-0.2, 0) is 30.4 Å². The van der Waals surface area contributed by atoms with Crippen molar-refractivity contribution in [2.45, 2.75) is 62.9 Å². The van der Waals surface area contributed by atoms with Crippen molar-refractivity contribution in [2.24, 2.45) is 11.5 Å². The van der Waals surface area contributed by atoms with Gasteiger partial charge in [-0.2, -0.15) is 11.8 Å². The largest absolute Gasteiger partial charge is 0.480 e. The molecule has 9 N–H and O–H groups in total. The molecule has 0 aliphatic rings. The highest BCUT2D eigenvalue weighted by Crippen LogP contribution is 2.07. The second-order valence-electron chi connectivity index (χ2n) is 8.27. The Hall–Kier alpha value is -3.16. The summed E-state index contributed by atoms with van der Waals surface area (Å²) in [4.78, 5) is 61.1. The number of hydrogen-bond acceptors (Lipinski definition) is 8. The lowest BCUT2D eigenvalue weighted by Gasteiger charge is -2.25. The average molecular weight is 526 g/mol. The number of thioether (sulfide) groups is 1. The number of rotatable bonds is 16. The summed E-state index contributed by atoms with van der Waals surface area (Å²) in [5.74, 6) is -3.88. The van der Waals surface area contributed by atoms with Gasteiger partial charge in [-0.05, 0) is 43.8 Å². The van der Waals surface area contributed by atoms with Gasteiger partial charge in [0.2, 0.25) is 23.6 Å². The number of hydrogen-bond donors (Lipinski definition) is 7. The van der Waals surface area contributed by atoms with Crippen molar-refractivity contribution in [2.75, 3.05) is 12.0 Å². The highest BCUT2D eigenvalue weighted by molar-refractivity contribution is 7.98. The van der Waals surface area contributed by atoms with Gasteiger partial charge in [0, 0.05) is 6.42 Å². The van der Waals surface area contributed by atoms with Crippen LogP contribution in [0.4, 0.5) is 0 Å². The highest BCUT2D eigenvalue weighted by atomic mass is 32.2. The number of carboxylic acids is 1. The van der Waals surface area contributed by atoms with Crippen LogP contribution in [-0.4, -0.2) is 82.1 Å². The average Bonchev–Trinajstić information content (AvgIpc) is 2.82.